The number of aliphatic hydroxyl groups excluding tert-OH is 1. The van der Waals surface area contributed by atoms with Crippen molar-refractivity contribution in [2.24, 2.45) is 5.92 Å². The van der Waals surface area contributed by atoms with E-state index >= 15 is 0 Å². The van der Waals surface area contributed by atoms with E-state index in [2.05, 4.69) is 12.2 Å². The van der Waals surface area contributed by atoms with Gasteiger partial charge in [-0.3, -0.25) is 9.69 Å². The summed E-state index contributed by atoms with van der Waals surface area (Å²) in [5.74, 6) is -0.349. The van der Waals surface area contributed by atoms with E-state index < -0.39 is 12.0 Å². The van der Waals surface area contributed by atoms with Crippen molar-refractivity contribution >= 4 is 11.9 Å². The Labute approximate surface area is 127 Å². The van der Waals surface area contributed by atoms with Gasteiger partial charge in [0.15, 0.2) is 0 Å². The molecule has 0 spiro atoms. The van der Waals surface area contributed by atoms with Crippen molar-refractivity contribution in [3.8, 4) is 0 Å². The van der Waals surface area contributed by atoms with E-state index in [0.717, 1.165) is 19.4 Å². The van der Waals surface area contributed by atoms with Crippen molar-refractivity contribution in [3.05, 3.63) is 0 Å². The number of aliphatic hydroxyl groups is 1. The van der Waals surface area contributed by atoms with Crippen LogP contribution in [-0.2, 0) is 14.3 Å². The number of methoxy groups -OCH3 is 1. The molecule has 0 saturated heterocycles. The Bertz CT molecular complexity index is 308. The van der Waals surface area contributed by atoms with Crippen molar-refractivity contribution in [2.45, 2.75) is 46.1 Å². The molecule has 1 atom stereocenters. The van der Waals surface area contributed by atoms with Crippen LogP contribution in [0.5, 0.6) is 0 Å². The predicted octanol–water partition coefficient (Wildman–Crippen LogP) is 0.785. The maximum Gasteiger partial charge on any atom is 0.328 e. The number of carbonyl (C=O) groups is 2. The maximum absolute atomic E-state index is 12.1. The molecule has 0 saturated carbocycles. The van der Waals surface area contributed by atoms with Crippen LogP contribution in [0.15, 0.2) is 0 Å². The fraction of sp³-hybridized carbons (Fsp3) is 0.867. The van der Waals surface area contributed by atoms with E-state index in [4.69, 9.17) is 9.84 Å². The van der Waals surface area contributed by atoms with Gasteiger partial charge in [-0.25, -0.2) is 4.79 Å². The lowest BCUT2D eigenvalue weighted by Gasteiger charge is -2.23. The van der Waals surface area contributed by atoms with E-state index in [1.54, 1.807) is 0 Å². The summed E-state index contributed by atoms with van der Waals surface area (Å²) in [6, 6.07) is -0.607. The monoisotopic (exact) mass is 302 g/mol. The summed E-state index contributed by atoms with van der Waals surface area (Å²) < 4.78 is 4.72. The summed E-state index contributed by atoms with van der Waals surface area (Å²) in [5.41, 5.74) is 0. The minimum atomic E-state index is -0.607. The number of unbranched alkanes of at least 4 members (excludes halogenated alkanes) is 1. The van der Waals surface area contributed by atoms with Gasteiger partial charge in [-0.15, -0.1) is 0 Å². The fourth-order valence-electron chi connectivity index (χ4n) is 2.06. The second-order valence-corrected chi connectivity index (χ2v) is 5.63. The van der Waals surface area contributed by atoms with Gasteiger partial charge in [0.2, 0.25) is 5.91 Å². The summed E-state index contributed by atoms with van der Waals surface area (Å²) in [7, 11) is 1.32. The number of ether oxygens (including phenoxy) is 1. The van der Waals surface area contributed by atoms with Crippen molar-refractivity contribution < 1.29 is 19.4 Å². The molecule has 0 aliphatic heterocycles. The lowest BCUT2D eigenvalue weighted by Crippen LogP contribution is -2.47. The minimum absolute atomic E-state index is 0.0173. The molecule has 0 aliphatic carbocycles. The minimum Gasteiger partial charge on any atom is -0.467 e. The highest BCUT2D eigenvalue weighted by molar-refractivity contribution is 5.85. The van der Waals surface area contributed by atoms with Gasteiger partial charge in [0.05, 0.1) is 20.3 Å². The average Bonchev–Trinajstić information content (AvgIpc) is 2.42. The molecule has 0 aromatic rings. The summed E-state index contributed by atoms with van der Waals surface area (Å²) in [6.07, 6.45) is 2.55. The first-order chi connectivity index (χ1) is 9.94. The van der Waals surface area contributed by atoms with Gasteiger partial charge in [0, 0.05) is 6.54 Å². The zero-order valence-corrected chi connectivity index (χ0v) is 13.7. The first kappa shape index (κ1) is 19.9. The molecule has 124 valence electrons. The summed E-state index contributed by atoms with van der Waals surface area (Å²) in [4.78, 5) is 25.6. The highest BCUT2D eigenvalue weighted by Gasteiger charge is 2.23. The second-order valence-electron chi connectivity index (χ2n) is 5.63. The van der Waals surface area contributed by atoms with E-state index in [1.165, 1.54) is 7.11 Å². The van der Waals surface area contributed by atoms with Gasteiger partial charge in [-0.05, 0) is 25.3 Å². The van der Waals surface area contributed by atoms with Crippen molar-refractivity contribution in [1.29, 1.82) is 0 Å². The summed E-state index contributed by atoms with van der Waals surface area (Å²) in [5, 5.41) is 11.8. The number of hydrogen-bond acceptors (Lipinski definition) is 5. The van der Waals surface area contributed by atoms with E-state index in [9.17, 15) is 9.59 Å². The van der Waals surface area contributed by atoms with Gasteiger partial charge in [-0.1, -0.05) is 27.2 Å². The number of nitrogens with one attached hydrogen (secondary N) is 1. The third-order valence-electron chi connectivity index (χ3n) is 3.14. The second kappa shape index (κ2) is 11.5. The highest BCUT2D eigenvalue weighted by Crippen LogP contribution is 2.06. The molecule has 1 unspecified atom stereocenters. The molecule has 0 radical (unpaired) electrons. The van der Waals surface area contributed by atoms with Gasteiger partial charge >= 0.3 is 5.97 Å². The van der Waals surface area contributed by atoms with Gasteiger partial charge in [-0.2, -0.15) is 0 Å². The molecular formula is C15H30N2O4. The molecule has 0 aliphatic rings. The molecule has 6 nitrogen and oxygen atoms in total. The topological polar surface area (TPSA) is 78.9 Å². The third-order valence-corrected chi connectivity index (χ3v) is 3.14. The summed E-state index contributed by atoms with van der Waals surface area (Å²) in [6.45, 7) is 7.48. The Morgan fingerprint density at radius 1 is 1.29 bits per heavy atom. The van der Waals surface area contributed by atoms with Crippen LogP contribution in [-0.4, -0.2) is 61.3 Å². The zero-order chi connectivity index (χ0) is 16.3. The van der Waals surface area contributed by atoms with Gasteiger partial charge in [0.1, 0.15) is 6.04 Å². The van der Waals surface area contributed by atoms with Crippen LogP contribution in [0.3, 0.4) is 0 Å². The Kier molecular flexibility index (Phi) is 10.9. The average molecular weight is 302 g/mol. The Morgan fingerprint density at radius 3 is 2.43 bits per heavy atom. The SMILES string of the molecule is CCCCN(CCO)CC(=O)NC(CC(C)C)C(=O)OC. The van der Waals surface area contributed by atoms with Crippen molar-refractivity contribution in [2.75, 3.05) is 33.4 Å². The first-order valence-corrected chi connectivity index (χ1v) is 7.64. The highest BCUT2D eigenvalue weighted by atomic mass is 16.5. The zero-order valence-electron chi connectivity index (χ0n) is 13.7. The van der Waals surface area contributed by atoms with Crippen LogP contribution in [0, 0.1) is 5.92 Å². The van der Waals surface area contributed by atoms with Crippen LogP contribution < -0.4 is 5.32 Å². The smallest absolute Gasteiger partial charge is 0.328 e. The van der Waals surface area contributed by atoms with Crippen LogP contribution in [0.4, 0.5) is 0 Å². The molecule has 0 rings (SSSR count). The van der Waals surface area contributed by atoms with Crippen LogP contribution in [0.25, 0.3) is 0 Å². The molecule has 2 N–H and O–H groups in total. The molecule has 0 heterocycles. The van der Waals surface area contributed by atoms with E-state index in [0.29, 0.717) is 13.0 Å². The molecule has 0 bridgehead atoms. The molecule has 21 heavy (non-hydrogen) atoms. The number of hydrogen-bond donors (Lipinski definition) is 2. The van der Waals surface area contributed by atoms with Crippen molar-refractivity contribution in [3.63, 3.8) is 0 Å². The molecule has 6 heteroatoms. The summed E-state index contributed by atoms with van der Waals surface area (Å²) >= 11 is 0. The van der Waals surface area contributed by atoms with Gasteiger partial charge < -0.3 is 15.2 Å². The normalized spacial score (nSPS) is 12.5. The molecule has 0 aromatic carbocycles. The largest absolute Gasteiger partial charge is 0.467 e. The number of nitrogens with zero attached hydrogens (tertiary/aromatic N) is 1. The lowest BCUT2D eigenvalue weighted by molar-refractivity contribution is -0.145. The maximum atomic E-state index is 12.1. The third kappa shape index (κ3) is 9.42. The van der Waals surface area contributed by atoms with E-state index in [-0.39, 0.29) is 25.0 Å². The molecule has 0 fully saturated rings. The Hall–Kier alpha value is -1.14. The van der Waals surface area contributed by atoms with Gasteiger partial charge in [0.25, 0.3) is 0 Å². The molecular weight excluding hydrogens is 272 g/mol. The first-order valence-electron chi connectivity index (χ1n) is 7.64. The van der Waals surface area contributed by atoms with Crippen LogP contribution >= 0.6 is 0 Å². The Morgan fingerprint density at radius 2 is 1.95 bits per heavy atom. The number of carbonyl (C=O) groups excluding carboxylic acids is 2. The fourth-order valence-corrected chi connectivity index (χ4v) is 2.06. The van der Waals surface area contributed by atoms with Crippen LogP contribution in [0.2, 0.25) is 0 Å². The standard InChI is InChI=1S/C15H30N2O4/c1-5-6-7-17(8-9-18)11-14(19)16-13(10-12(2)3)15(20)21-4/h12-13,18H,5-11H2,1-4H3,(H,16,19). The predicted molar refractivity (Wildman–Crippen MR) is 81.8 cm³/mol. The Balaban J connectivity index is 4.47. The quantitative estimate of drug-likeness (QED) is 0.552. The number of esters is 1. The van der Waals surface area contributed by atoms with Crippen molar-refractivity contribution in [1.82, 2.24) is 10.2 Å². The number of amides is 1. The number of rotatable bonds is 11. The lowest BCUT2D eigenvalue weighted by atomic mass is 10.0. The van der Waals surface area contributed by atoms with E-state index in [1.807, 2.05) is 18.7 Å². The molecule has 1 amide bonds. The van der Waals surface area contributed by atoms with Crippen LogP contribution in [0.1, 0.15) is 40.0 Å². The molecule has 0 aromatic heterocycles.